The largest absolute Gasteiger partial charge is 0.467 e. The molecule has 2 atom stereocenters. The molecule has 7 heteroatoms. The number of rotatable bonds is 4. The van der Waals surface area contributed by atoms with Gasteiger partial charge in [0.05, 0.1) is 13.2 Å². The standard InChI is InChI=1S/C19H26N2O5/c1-19(2,3)26-18(24)20-12-16(22)21-14(13-8-6-5-7-9-13)10-11-15(21)17(23)25-4/h5-9,14-15H,10-12H2,1-4H3,(H,20,24)/t14-,15+/m1/s1. The molecule has 2 amide bonds. The van der Waals surface area contributed by atoms with Crippen LogP contribution in [0.15, 0.2) is 30.3 Å². The van der Waals surface area contributed by atoms with E-state index in [0.717, 1.165) is 5.56 Å². The molecular weight excluding hydrogens is 336 g/mol. The molecule has 1 aromatic rings. The number of nitrogens with one attached hydrogen (secondary N) is 1. The van der Waals surface area contributed by atoms with Crippen LogP contribution >= 0.6 is 0 Å². The molecule has 0 aliphatic carbocycles. The topological polar surface area (TPSA) is 84.9 Å². The van der Waals surface area contributed by atoms with Crippen molar-refractivity contribution in [3.05, 3.63) is 35.9 Å². The Morgan fingerprint density at radius 3 is 2.38 bits per heavy atom. The summed E-state index contributed by atoms with van der Waals surface area (Å²) in [5.41, 5.74) is 0.298. The molecule has 142 valence electrons. The Balaban J connectivity index is 2.12. The third-order valence-electron chi connectivity index (χ3n) is 4.11. The Kier molecular flexibility index (Phi) is 6.23. The number of hydrogen-bond donors (Lipinski definition) is 1. The van der Waals surface area contributed by atoms with Crippen molar-refractivity contribution in [1.82, 2.24) is 10.2 Å². The average Bonchev–Trinajstić information content (AvgIpc) is 3.03. The molecule has 0 aromatic heterocycles. The number of benzene rings is 1. The maximum atomic E-state index is 12.8. The summed E-state index contributed by atoms with van der Waals surface area (Å²) >= 11 is 0. The molecule has 1 fully saturated rings. The van der Waals surface area contributed by atoms with Crippen molar-refractivity contribution >= 4 is 18.0 Å². The summed E-state index contributed by atoms with van der Waals surface area (Å²) < 4.78 is 9.99. The lowest BCUT2D eigenvalue weighted by molar-refractivity contribution is -0.152. The van der Waals surface area contributed by atoms with Crippen LogP contribution in [0.3, 0.4) is 0 Å². The van der Waals surface area contributed by atoms with Crippen molar-refractivity contribution in [2.75, 3.05) is 13.7 Å². The number of ether oxygens (including phenoxy) is 2. The minimum atomic E-state index is -0.670. The van der Waals surface area contributed by atoms with Crippen molar-refractivity contribution in [3.63, 3.8) is 0 Å². The summed E-state index contributed by atoms with van der Waals surface area (Å²) in [4.78, 5) is 38.2. The van der Waals surface area contributed by atoms with Gasteiger partial charge < -0.3 is 19.7 Å². The lowest BCUT2D eigenvalue weighted by atomic mass is 10.0. The third-order valence-corrected chi connectivity index (χ3v) is 4.11. The Hall–Kier alpha value is -2.57. The summed E-state index contributed by atoms with van der Waals surface area (Å²) in [7, 11) is 1.31. The molecule has 0 unspecified atom stereocenters. The molecule has 26 heavy (non-hydrogen) atoms. The van der Waals surface area contributed by atoms with Gasteiger partial charge in [-0.25, -0.2) is 9.59 Å². The van der Waals surface area contributed by atoms with Crippen molar-refractivity contribution in [3.8, 4) is 0 Å². The average molecular weight is 362 g/mol. The third kappa shape index (κ3) is 4.97. The molecule has 1 saturated heterocycles. The van der Waals surface area contributed by atoms with Crippen LogP contribution in [0.4, 0.5) is 4.79 Å². The first-order chi connectivity index (χ1) is 12.2. The molecule has 0 spiro atoms. The van der Waals surface area contributed by atoms with Crippen LogP contribution in [0, 0.1) is 0 Å². The minimum absolute atomic E-state index is 0.228. The molecule has 1 aromatic carbocycles. The minimum Gasteiger partial charge on any atom is -0.467 e. The number of carbonyl (C=O) groups is 3. The first-order valence-corrected chi connectivity index (χ1v) is 8.63. The highest BCUT2D eigenvalue weighted by Gasteiger charge is 2.42. The van der Waals surface area contributed by atoms with Gasteiger partial charge in [-0.05, 0) is 39.2 Å². The lowest BCUT2D eigenvalue weighted by Crippen LogP contribution is -2.47. The fourth-order valence-corrected chi connectivity index (χ4v) is 3.08. The molecule has 0 bridgehead atoms. The van der Waals surface area contributed by atoms with Crippen LogP contribution in [-0.4, -0.2) is 48.2 Å². The van der Waals surface area contributed by atoms with E-state index in [-0.39, 0.29) is 18.5 Å². The van der Waals surface area contributed by atoms with E-state index in [4.69, 9.17) is 9.47 Å². The summed E-state index contributed by atoms with van der Waals surface area (Å²) in [6, 6.07) is 8.64. The van der Waals surface area contributed by atoms with E-state index in [1.165, 1.54) is 12.0 Å². The number of alkyl carbamates (subject to hydrolysis) is 1. The van der Waals surface area contributed by atoms with Gasteiger partial charge in [-0.1, -0.05) is 30.3 Å². The van der Waals surface area contributed by atoms with Gasteiger partial charge in [0, 0.05) is 0 Å². The van der Waals surface area contributed by atoms with Crippen LogP contribution in [-0.2, 0) is 19.1 Å². The van der Waals surface area contributed by atoms with Crippen LogP contribution in [0.5, 0.6) is 0 Å². The molecule has 0 radical (unpaired) electrons. The summed E-state index contributed by atoms with van der Waals surface area (Å²) in [6.07, 6.45) is 0.503. The first kappa shape index (κ1) is 19.8. The Morgan fingerprint density at radius 1 is 1.15 bits per heavy atom. The van der Waals surface area contributed by atoms with Crippen LogP contribution < -0.4 is 5.32 Å². The second-order valence-corrected chi connectivity index (χ2v) is 7.20. The lowest BCUT2D eigenvalue weighted by Gasteiger charge is -2.29. The molecule has 1 aliphatic heterocycles. The smallest absolute Gasteiger partial charge is 0.408 e. The van der Waals surface area contributed by atoms with E-state index in [1.807, 2.05) is 30.3 Å². The molecule has 0 saturated carbocycles. The molecular formula is C19H26N2O5. The zero-order valence-electron chi connectivity index (χ0n) is 15.7. The second-order valence-electron chi connectivity index (χ2n) is 7.20. The van der Waals surface area contributed by atoms with Crippen LogP contribution in [0.25, 0.3) is 0 Å². The predicted molar refractivity (Wildman–Crippen MR) is 95.3 cm³/mol. The number of hydrogen-bond acceptors (Lipinski definition) is 5. The first-order valence-electron chi connectivity index (χ1n) is 8.63. The highest BCUT2D eigenvalue weighted by molar-refractivity contribution is 5.88. The monoisotopic (exact) mass is 362 g/mol. The Morgan fingerprint density at radius 2 is 1.81 bits per heavy atom. The van der Waals surface area contributed by atoms with Gasteiger partial charge in [0.2, 0.25) is 5.91 Å². The Labute approximate surface area is 153 Å². The highest BCUT2D eigenvalue weighted by Crippen LogP contribution is 2.36. The number of methoxy groups -OCH3 is 1. The summed E-state index contributed by atoms with van der Waals surface area (Å²) in [6.45, 7) is 4.99. The van der Waals surface area contributed by atoms with E-state index >= 15 is 0 Å². The SMILES string of the molecule is COC(=O)[C@@H]1CC[C@H](c2ccccc2)N1C(=O)CNC(=O)OC(C)(C)C. The number of esters is 1. The van der Waals surface area contributed by atoms with Gasteiger partial charge >= 0.3 is 12.1 Å². The maximum Gasteiger partial charge on any atom is 0.408 e. The fourth-order valence-electron chi connectivity index (χ4n) is 3.08. The van der Waals surface area contributed by atoms with Crippen LogP contribution in [0.2, 0.25) is 0 Å². The molecule has 2 rings (SSSR count). The number of nitrogens with zero attached hydrogens (tertiary/aromatic N) is 1. The maximum absolute atomic E-state index is 12.8. The number of likely N-dealkylation sites (tertiary alicyclic amines) is 1. The van der Waals surface area contributed by atoms with E-state index in [0.29, 0.717) is 12.8 Å². The molecule has 7 nitrogen and oxygen atoms in total. The molecule has 1 heterocycles. The van der Waals surface area contributed by atoms with Crippen molar-refractivity contribution in [2.24, 2.45) is 0 Å². The van der Waals surface area contributed by atoms with Crippen molar-refractivity contribution in [2.45, 2.75) is 51.3 Å². The van der Waals surface area contributed by atoms with E-state index < -0.39 is 23.7 Å². The van der Waals surface area contributed by atoms with Crippen molar-refractivity contribution in [1.29, 1.82) is 0 Å². The normalized spacial score (nSPS) is 19.8. The van der Waals surface area contributed by atoms with Gasteiger partial charge in [0.1, 0.15) is 18.2 Å². The van der Waals surface area contributed by atoms with Gasteiger partial charge in [-0.3, -0.25) is 4.79 Å². The van der Waals surface area contributed by atoms with Gasteiger partial charge in [0.25, 0.3) is 0 Å². The zero-order valence-corrected chi connectivity index (χ0v) is 15.7. The number of carbonyl (C=O) groups excluding carboxylic acids is 3. The second kappa shape index (κ2) is 8.21. The van der Waals surface area contributed by atoms with Gasteiger partial charge in [0.15, 0.2) is 0 Å². The van der Waals surface area contributed by atoms with E-state index in [2.05, 4.69) is 5.32 Å². The number of amides is 2. The fraction of sp³-hybridized carbons (Fsp3) is 0.526. The summed E-state index contributed by atoms with van der Waals surface area (Å²) in [5.74, 6) is -0.799. The summed E-state index contributed by atoms with van der Waals surface area (Å²) in [5, 5.41) is 2.46. The van der Waals surface area contributed by atoms with Crippen LogP contribution in [0.1, 0.15) is 45.2 Å². The molecule has 1 N–H and O–H groups in total. The molecule has 1 aliphatic rings. The van der Waals surface area contributed by atoms with Crippen molar-refractivity contribution < 1.29 is 23.9 Å². The zero-order chi connectivity index (χ0) is 19.3. The van der Waals surface area contributed by atoms with E-state index in [9.17, 15) is 14.4 Å². The quantitative estimate of drug-likeness (QED) is 0.832. The highest BCUT2D eigenvalue weighted by atomic mass is 16.6. The van der Waals surface area contributed by atoms with Gasteiger partial charge in [-0.15, -0.1) is 0 Å². The van der Waals surface area contributed by atoms with Gasteiger partial charge in [-0.2, -0.15) is 0 Å². The predicted octanol–water partition coefficient (Wildman–Crippen LogP) is 2.42. The Bertz CT molecular complexity index is 654. The van der Waals surface area contributed by atoms with E-state index in [1.54, 1.807) is 20.8 Å².